The molecule has 0 aliphatic heterocycles. The van der Waals surface area contributed by atoms with E-state index in [0.29, 0.717) is 31.2 Å². The van der Waals surface area contributed by atoms with E-state index in [9.17, 15) is 9.59 Å². The van der Waals surface area contributed by atoms with Gasteiger partial charge in [0.25, 0.3) is 5.56 Å². The summed E-state index contributed by atoms with van der Waals surface area (Å²) in [7, 11) is 0. The van der Waals surface area contributed by atoms with Crippen molar-refractivity contribution in [3.05, 3.63) is 63.3 Å². The molecule has 130 valence electrons. The first-order valence-corrected chi connectivity index (χ1v) is 9.13. The minimum Gasteiger partial charge on any atom is -0.356 e. The number of carbonyl (C=O) groups excluding carboxylic acids is 1. The molecule has 2 N–H and O–H groups in total. The van der Waals surface area contributed by atoms with Crippen LogP contribution in [-0.4, -0.2) is 22.4 Å². The number of carbonyl (C=O) groups is 1. The molecule has 5 heteroatoms. The number of aromatic nitrogens is 2. The van der Waals surface area contributed by atoms with E-state index >= 15 is 0 Å². The molecule has 1 fully saturated rings. The summed E-state index contributed by atoms with van der Waals surface area (Å²) >= 11 is 0. The molecule has 2 aliphatic carbocycles. The summed E-state index contributed by atoms with van der Waals surface area (Å²) in [5.41, 5.74) is 3.36. The van der Waals surface area contributed by atoms with Gasteiger partial charge in [0.05, 0.1) is 0 Å². The predicted molar refractivity (Wildman–Crippen MR) is 95.7 cm³/mol. The Labute approximate surface area is 146 Å². The van der Waals surface area contributed by atoms with Crippen molar-refractivity contribution in [2.24, 2.45) is 0 Å². The highest BCUT2D eigenvalue weighted by Crippen LogP contribution is 2.37. The van der Waals surface area contributed by atoms with Crippen molar-refractivity contribution in [1.29, 1.82) is 0 Å². The number of benzene rings is 1. The number of rotatable bonds is 6. The molecular weight excluding hydrogens is 314 g/mol. The van der Waals surface area contributed by atoms with E-state index in [1.165, 1.54) is 17.2 Å². The lowest BCUT2D eigenvalue weighted by Crippen LogP contribution is -2.27. The molecule has 0 saturated heterocycles. The Morgan fingerprint density at radius 1 is 1.24 bits per heavy atom. The van der Waals surface area contributed by atoms with Crippen LogP contribution in [0.1, 0.15) is 60.2 Å². The van der Waals surface area contributed by atoms with Gasteiger partial charge >= 0.3 is 0 Å². The molecule has 1 aromatic heterocycles. The summed E-state index contributed by atoms with van der Waals surface area (Å²) < 4.78 is 0. The van der Waals surface area contributed by atoms with Crippen molar-refractivity contribution in [2.45, 2.75) is 50.4 Å². The first kappa shape index (κ1) is 16.1. The Hall–Kier alpha value is -2.43. The smallest absolute Gasteiger partial charge is 0.251 e. The van der Waals surface area contributed by atoms with Gasteiger partial charge in [-0.15, -0.1) is 0 Å². The first-order valence-electron chi connectivity index (χ1n) is 9.13. The molecule has 2 aliphatic rings. The average molecular weight is 337 g/mol. The number of hydrogen-bond donors (Lipinski definition) is 2. The summed E-state index contributed by atoms with van der Waals surface area (Å²) in [6, 6.07) is 9.94. The maximum atomic E-state index is 12.3. The SMILES string of the molecule is O=C(C[C@H]1CCc2ccccc21)NCCc1cc(=O)[nH]c(C2CC2)n1. The van der Waals surface area contributed by atoms with E-state index in [4.69, 9.17) is 0 Å². The van der Waals surface area contributed by atoms with Gasteiger partial charge in [0.15, 0.2) is 0 Å². The molecule has 0 radical (unpaired) electrons. The number of hydrogen-bond acceptors (Lipinski definition) is 3. The summed E-state index contributed by atoms with van der Waals surface area (Å²) in [6.45, 7) is 0.522. The maximum absolute atomic E-state index is 12.3. The van der Waals surface area contributed by atoms with Crippen LogP contribution in [0.2, 0.25) is 0 Å². The minimum atomic E-state index is -0.0965. The molecular formula is C20H23N3O2. The summed E-state index contributed by atoms with van der Waals surface area (Å²) in [4.78, 5) is 31.3. The van der Waals surface area contributed by atoms with Crippen molar-refractivity contribution in [3.8, 4) is 0 Å². The number of amides is 1. The third-order valence-corrected chi connectivity index (χ3v) is 5.17. The lowest BCUT2D eigenvalue weighted by Gasteiger charge is -2.12. The largest absolute Gasteiger partial charge is 0.356 e. The zero-order chi connectivity index (χ0) is 17.2. The predicted octanol–water partition coefficient (Wildman–Crippen LogP) is 2.43. The average Bonchev–Trinajstić information content (AvgIpc) is 3.37. The van der Waals surface area contributed by atoms with Crippen LogP contribution in [0.15, 0.2) is 35.1 Å². The van der Waals surface area contributed by atoms with Crippen LogP contribution in [0.4, 0.5) is 0 Å². The van der Waals surface area contributed by atoms with Crippen molar-refractivity contribution >= 4 is 5.91 Å². The van der Waals surface area contributed by atoms with Crippen LogP contribution < -0.4 is 10.9 Å². The summed E-state index contributed by atoms with van der Waals surface area (Å²) in [5.74, 6) is 1.63. The van der Waals surface area contributed by atoms with Gasteiger partial charge in [0, 0.05) is 37.1 Å². The molecule has 4 rings (SSSR count). The number of nitrogens with zero attached hydrogens (tertiary/aromatic N) is 1. The number of fused-ring (bicyclic) bond motifs is 1. The zero-order valence-electron chi connectivity index (χ0n) is 14.3. The Kier molecular flexibility index (Phi) is 4.38. The maximum Gasteiger partial charge on any atom is 0.251 e. The Morgan fingerprint density at radius 2 is 2.08 bits per heavy atom. The second kappa shape index (κ2) is 6.82. The fourth-order valence-corrected chi connectivity index (χ4v) is 3.69. The molecule has 25 heavy (non-hydrogen) atoms. The normalized spacial score (nSPS) is 18.8. The number of aromatic amines is 1. The van der Waals surface area contributed by atoms with E-state index in [1.807, 2.05) is 6.07 Å². The van der Waals surface area contributed by atoms with Crippen molar-refractivity contribution in [1.82, 2.24) is 15.3 Å². The van der Waals surface area contributed by atoms with E-state index < -0.39 is 0 Å². The van der Waals surface area contributed by atoms with E-state index in [2.05, 4.69) is 33.5 Å². The highest BCUT2D eigenvalue weighted by atomic mass is 16.1. The number of nitrogens with one attached hydrogen (secondary N) is 2. The summed E-state index contributed by atoms with van der Waals surface area (Å²) in [5, 5.41) is 2.98. The molecule has 1 amide bonds. The molecule has 0 spiro atoms. The van der Waals surface area contributed by atoms with E-state index in [0.717, 1.165) is 37.2 Å². The Balaban J connectivity index is 1.29. The number of H-pyrrole nitrogens is 1. The van der Waals surface area contributed by atoms with Gasteiger partial charge in [0.1, 0.15) is 5.82 Å². The zero-order valence-corrected chi connectivity index (χ0v) is 14.3. The van der Waals surface area contributed by atoms with E-state index in [1.54, 1.807) is 0 Å². The second-order valence-electron chi connectivity index (χ2n) is 7.13. The quantitative estimate of drug-likeness (QED) is 0.850. The molecule has 1 saturated carbocycles. The van der Waals surface area contributed by atoms with Crippen molar-refractivity contribution < 1.29 is 4.79 Å². The van der Waals surface area contributed by atoms with Crippen LogP contribution in [0.25, 0.3) is 0 Å². The van der Waals surface area contributed by atoms with Crippen LogP contribution >= 0.6 is 0 Å². The molecule has 1 heterocycles. The Bertz CT molecular complexity index is 839. The van der Waals surface area contributed by atoms with Crippen molar-refractivity contribution in [3.63, 3.8) is 0 Å². The van der Waals surface area contributed by atoms with E-state index in [-0.39, 0.29) is 11.5 Å². The van der Waals surface area contributed by atoms with Gasteiger partial charge in [-0.3, -0.25) is 9.59 Å². The number of aryl methyl sites for hydroxylation is 1. The molecule has 5 nitrogen and oxygen atoms in total. The highest BCUT2D eigenvalue weighted by molar-refractivity contribution is 5.77. The van der Waals surface area contributed by atoms with Gasteiger partial charge in [0.2, 0.25) is 5.91 Å². The lowest BCUT2D eigenvalue weighted by atomic mass is 9.97. The van der Waals surface area contributed by atoms with Gasteiger partial charge in [-0.25, -0.2) is 4.98 Å². The summed E-state index contributed by atoms with van der Waals surface area (Å²) in [6.07, 6.45) is 5.45. The second-order valence-corrected chi connectivity index (χ2v) is 7.13. The fraction of sp³-hybridized carbons (Fsp3) is 0.450. The molecule has 1 aromatic carbocycles. The van der Waals surface area contributed by atoms with Crippen LogP contribution in [0.5, 0.6) is 0 Å². The standard InChI is InChI=1S/C20H23N3O2/c24-18(11-15-8-5-13-3-1-2-4-17(13)15)21-10-9-16-12-19(25)23-20(22-16)14-6-7-14/h1-4,12,14-15H,5-11H2,(H,21,24)(H,22,23,25)/t15-/m1/s1. The van der Waals surface area contributed by atoms with Gasteiger partial charge in [-0.05, 0) is 42.7 Å². The molecule has 0 unspecified atom stereocenters. The molecule has 0 bridgehead atoms. The highest BCUT2D eigenvalue weighted by Gasteiger charge is 2.26. The first-order chi connectivity index (χ1) is 12.2. The van der Waals surface area contributed by atoms with Crippen LogP contribution in [0, 0.1) is 0 Å². The van der Waals surface area contributed by atoms with Crippen LogP contribution in [-0.2, 0) is 17.6 Å². The monoisotopic (exact) mass is 337 g/mol. The van der Waals surface area contributed by atoms with Gasteiger partial charge in [-0.1, -0.05) is 24.3 Å². The van der Waals surface area contributed by atoms with Gasteiger partial charge < -0.3 is 10.3 Å². The minimum absolute atomic E-state index is 0.0777. The van der Waals surface area contributed by atoms with Gasteiger partial charge in [-0.2, -0.15) is 0 Å². The fourth-order valence-electron chi connectivity index (χ4n) is 3.69. The van der Waals surface area contributed by atoms with Crippen molar-refractivity contribution in [2.75, 3.05) is 6.54 Å². The third-order valence-electron chi connectivity index (χ3n) is 5.17. The Morgan fingerprint density at radius 3 is 2.92 bits per heavy atom. The topological polar surface area (TPSA) is 74.8 Å². The molecule has 2 aromatic rings. The third kappa shape index (κ3) is 3.81. The molecule has 1 atom stereocenters. The van der Waals surface area contributed by atoms with Crippen LogP contribution in [0.3, 0.4) is 0 Å². The lowest BCUT2D eigenvalue weighted by molar-refractivity contribution is -0.121.